The predicted molar refractivity (Wildman–Crippen MR) is 102 cm³/mol. The molecule has 7 heteroatoms. The number of aliphatic hydroxyl groups is 2. The van der Waals surface area contributed by atoms with Crippen LogP contribution in [0.15, 0.2) is 23.5 Å². The Labute approximate surface area is 170 Å². The molecule has 0 aromatic heterocycles. The number of esters is 1. The van der Waals surface area contributed by atoms with Crippen molar-refractivity contribution in [2.24, 2.45) is 28.6 Å². The summed E-state index contributed by atoms with van der Waals surface area (Å²) >= 11 is 0. The minimum absolute atomic E-state index is 0.0131. The first kappa shape index (κ1) is 20.6. The molecule has 4 rings (SSSR count). The second-order valence-electron chi connectivity index (χ2n) is 9.59. The van der Waals surface area contributed by atoms with Gasteiger partial charge in [0, 0.05) is 29.9 Å². The summed E-state index contributed by atoms with van der Waals surface area (Å²) in [7, 11) is 2.89. The lowest BCUT2D eigenvalue weighted by Gasteiger charge is -2.67. The van der Waals surface area contributed by atoms with E-state index in [9.17, 15) is 19.8 Å². The Balaban J connectivity index is 2.00. The fraction of sp³-hybridized carbons (Fsp3) is 0.727. The second kappa shape index (κ2) is 6.15. The molecule has 7 nitrogen and oxygen atoms in total. The fourth-order valence-corrected chi connectivity index (χ4v) is 7.09. The van der Waals surface area contributed by atoms with Crippen LogP contribution in [0, 0.1) is 28.6 Å². The van der Waals surface area contributed by atoms with Crippen molar-refractivity contribution in [2.45, 2.75) is 58.0 Å². The number of hydrogen-bond acceptors (Lipinski definition) is 7. The van der Waals surface area contributed by atoms with Gasteiger partial charge in [-0.2, -0.15) is 0 Å². The van der Waals surface area contributed by atoms with E-state index in [1.807, 2.05) is 26.8 Å². The van der Waals surface area contributed by atoms with Gasteiger partial charge in [0.2, 0.25) is 5.78 Å². The molecule has 0 unspecified atom stereocenters. The standard InChI is InChI=1S/C22H30O7/c1-10-7-12(27-5)18(25)20(2)11(10)8-14-21(3)13(9-15(23)29-14)22(4,26)19(28-6)16(24)17(20)21/h7,9-11,14,16-17,19,24,26H,8H2,1-6H3/t10-,11+,14-,16+,17-,19+,20+,21-,22+/m1/s1. The van der Waals surface area contributed by atoms with Crippen LogP contribution in [0.3, 0.4) is 0 Å². The summed E-state index contributed by atoms with van der Waals surface area (Å²) in [5.74, 6) is -1.19. The number of methoxy groups -OCH3 is 2. The monoisotopic (exact) mass is 406 g/mol. The molecule has 0 spiro atoms. The molecule has 29 heavy (non-hydrogen) atoms. The maximum Gasteiger partial charge on any atom is 0.331 e. The Bertz CT molecular complexity index is 827. The Morgan fingerprint density at radius 3 is 2.41 bits per heavy atom. The Morgan fingerprint density at radius 2 is 1.83 bits per heavy atom. The van der Waals surface area contributed by atoms with E-state index in [1.54, 1.807) is 6.92 Å². The van der Waals surface area contributed by atoms with Crippen molar-refractivity contribution in [1.29, 1.82) is 0 Å². The SMILES string of the molecule is COC1=C[C@@H](C)[C@@H]2C[C@H]3OC(=O)C=C4[C@@]3(C)[C@H]([C@H](O)[C@H](OC)[C@@]4(C)O)[C@@]2(C)C1=O. The molecular formula is C22H30O7. The van der Waals surface area contributed by atoms with Gasteiger partial charge in [-0.05, 0) is 36.8 Å². The molecule has 0 radical (unpaired) electrons. The number of ketones is 1. The normalized spacial score (nSPS) is 51.3. The number of carbonyl (C=O) groups is 2. The highest BCUT2D eigenvalue weighted by Crippen LogP contribution is 2.68. The van der Waals surface area contributed by atoms with E-state index in [1.165, 1.54) is 20.3 Å². The summed E-state index contributed by atoms with van der Waals surface area (Å²) in [5, 5.41) is 22.8. The number of aliphatic hydroxyl groups excluding tert-OH is 1. The molecule has 160 valence electrons. The van der Waals surface area contributed by atoms with Gasteiger partial charge in [-0.25, -0.2) is 4.79 Å². The van der Waals surface area contributed by atoms with E-state index < -0.39 is 46.6 Å². The predicted octanol–water partition coefficient (Wildman–Crippen LogP) is 1.38. The number of allylic oxidation sites excluding steroid dienone is 2. The number of rotatable bonds is 2. The quantitative estimate of drug-likeness (QED) is 0.668. The van der Waals surface area contributed by atoms with Crippen LogP contribution in [-0.2, 0) is 23.8 Å². The van der Waals surface area contributed by atoms with Crippen LogP contribution in [0.5, 0.6) is 0 Å². The van der Waals surface area contributed by atoms with Crippen molar-refractivity contribution >= 4 is 11.8 Å². The Kier molecular flexibility index (Phi) is 4.37. The number of Topliss-reactive ketones (excluding diaryl/α,β-unsaturated/α-hetero) is 1. The molecule has 2 saturated carbocycles. The van der Waals surface area contributed by atoms with Crippen LogP contribution in [0.2, 0.25) is 0 Å². The summed E-state index contributed by atoms with van der Waals surface area (Å²) in [6, 6.07) is 0. The van der Waals surface area contributed by atoms with Crippen LogP contribution >= 0.6 is 0 Å². The number of hydrogen-bond donors (Lipinski definition) is 2. The van der Waals surface area contributed by atoms with Gasteiger partial charge >= 0.3 is 5.97 Å². The summed E-state index contributed by atoms with van der Waals surface area (Å²) < 4.78 is 16.6. The molecule has 9 atom stereocenters. The first-order valence-electron chi connectivity index (χ1n) is 10.1. The molecule has 3 aliphatic carbocycles. The zero-order chi connectivity index (χ0) is 21.5. The third-order valence-corrected chi connectivity index (χ3v) is 8.29. The van der Waals surface area contributed by atoms with E-state index in [-0.39, 0.29) is 23.4 Å². The molecule has 0 aromatic rings. The molecule has 0 saturated heterocycles. The number of carbonyl (C=O) groups excluding carboxylic acids is 2. The van der Waals surface area contributed by atoms with Crippen LogP contribution in [-0.4, -0.2) is 60.1 Å². The van der Waals surface area contributed by atoms with Crippen LogP contribution in [0.1, 0.15) is 34.1 Å². The third-order valence-electron chi connectivity index (χ3n) is 8.29. The molecule has 0 bridgehead atoms. The van der Waals surface area contributed by atoms with Gasteiger partial charge in [-0.15, -0.1) is 0 Å². The molecular weight excluding hydrogens is 376 g/mol. The van der Waals surface area contributed by atoms with Crippen molar-refractivity contribution in [3.63, 3.8) is 0 Å². The highest BCUT2D eigenvalue weighted by molar-refractivity contribution is 6.00. The average molecular weight is 406 g/mol. The first-order chi connectivity index (χ1) is 13.4. The highest BCUT2D eigenvalue weighted by atomic mass is 16.5. The third kappa shape index (κ3) is 2.29. The van der Waals surface area contributed by atoms with Crippen LogP contribution in [0.25, 0.3) is 0 Å². The van der Waals surface area contributed by atoms with Crippen molar-refractivity contribution < 1.29 is 34.0 Å². The van der Waals surface area contributed by atoms with Gasteiger partial charge in [0.15, 0.2) is 5.76 Å². The van der Waals surface area contributed by atoms with Crippen LogP contribution < -0.4 is 0 Å². The smallest absolute Gasteiger partial charge is 0.331 e. The lowest BCUT2D eigenvalue weighted by atomic mass is 9.39. The molecule has 0 aromatic carbocycles. The average Bonchev–Trinajstić information content (AvgIpc) is 2.63. The maximum atomic E-state index is 13.6. The summed E-state index contributed by atoms with van der Waals surface area (Å²) in [6.45, 7) is 7.32. The molecule has 1 heterocycles. The first-order valence-corrected chi connectivity index (χ1v) is 10.1. The van der Waals surface area contributed by atoms with Gasteiger partial charge in [-0.1, -0.05) is 20.8 Å². The number of ether oxygens (including phenoxy) is 3. The van der Waals surface area contributed by atoms with Crippen molar-refractivity contribution in [3.8, 4) is 0 Å². The summed E-state index contributed by atoms with van der Waals surface area (Å²) in [4.78, 5) is 26.0. The van der Waals surface area contributed by atoms with Gasteiger partial charge in [0.1, 0.15) is 17.8 Å². The lowest BCUT2D eigenvalue weighted by Crippen LogP contribution is -2.74. The highest BCUT2D eigenvalue weighted by Gasteiger charge is 2.73. The summed E-state index contributed by atoms with van der Waals surface area (Å²) in [6.07, 6.45) is 0.913. The van der Waals surface area contributed by atoms with Crippen LogP contribution in [0.4, 0.5) is 0 Å². The zero-order valence-electron chi connectivity index (χ0n) is 17.8. The summed E-state index contributed by atoms with van der Waals surface area (Å²) in [5.41, 5.74) is -3.01. The molecule has 4 aliphatic rings. The van der Waals surface area contributed by atoms with Crippen molar-refractivity contribution in [3.05, 3.63) is 23.5 Å². The largest absolute Gasteiger partial charge is 0.493 e. The van der Waals surface area contributed by atoms with Crippen molar-refractivity contribution in [2.75, 3.05) is 14.2 Å². The second-order valence-corrected chi connectivity index (χ2v) is 9.59. The van der Waals surface area contributed by atoms with E-state index in [0.29, 0.717) is 12.0 Å². The lowest BCUT2D eigenvalue weighted by molar-refractivity contribution is -0.251. The van der Waals surface area contributed by atoms with Gasteiger partial charge in [0.25, 0.3) is 0 Å². The van der Waals surface area contributed by atoms with E-state index in [2.05, 4.69) is 0 Å². The molecule has 0 amide bonds. The molecule has 2 N–H and O–H groups in total. The van der Waals surface area contributed by atoms with Gasteiger partial charge < -0.3 is 24.4 Å². The Hall–Kier alpha value is -1.70. The topological polar surface area (TPSA) is 102 Å². The zero-order valence-corrected chi connectivity index (χ0v) is 17.8. The van der Waals surface area contributed by atoms with Gasteiger partial charge in [-0.3, -0.25) is 4.79 Å². The maximum absolute atomic E-state index is 13.6. The molecule has 2 fully saturated rings. The van der Waals surface area contributed by atoms with E-state index in [0.717, 1.165) is 0 Å². The minimum atomic E-state index is -1.58. The van der Waals surface area contributed by atoms with Gasteiger partial charge in [0.05, 0.1) is 13.2 Å². The fourth-order valence-electron chi connectivity index (χ4n) is 7.09. The Morgan fingerprint density at radius 1 is 1.17 bits per heavy atom. The van der Waals surface area contributed by atoms with E-state index >= 15 is 0 Å². The minimum Gasteiger partial charge on any atom is -0.493 e. The molecule has 1 aliphatic heterocycles. The number of fused-ring (bicyclic) bond motifs is 2. The van der Waals surface area contributed by atoms with E-state index in [4.69, 9.17) is 14.2 Å². The van der Waals surface area contributed by atoms with Crippen molar-refractivity contribution in [1.82, 2.24) is 0 Å².